The van der Waals surface area contributed by atoms with Crippen LogP contribution in [-0.2, 0) is 9.59 Å². The molecular formula is C23H25ClN6O3S. The molecule has 2 N–H and O–H groups in total. The number of hydrogen-bond donors (Lipinski definition) is 2. The maximum absolute atomic E-state index is 13.1. The molecule has 3 aromatic rings. The van der Waals surface area contributed by atoms with Gasteiger partial charge in [0.15, 0.2) is 0 Å². The third-order valence-electron chi connectivity index (χ3n) is 5.68. The number of aromatic nitrogens is 2. The number of nitrogens with one attached hydrogen (secondary N) is 2. The summed E-state index contributed by atoms with van der Waals surface area (Å²) >= 11 is 7.78. The fourth-order valence-corrected chi connectivity index (χ4v) is 5.02. The number of rotatable bonds is 5. The number of likely N-dealkylation sites (N-methyl/N-ethyl adjacent to an activating group) is 1. The Hall–Kier alpha value is -3.21. The van der Waals surface area contributed by atoms with Crippen LogP contribution in [0.5, 0.6) is 0 Å². The molecule has 3 heterocycles. The Bertz CT molecular complexity index is 1270. The van der Waals surface area contributed by atoms with Crippen LogP contribution in [0.4, 0.5) is 11.6 Å². The van der Waals surface area contributed by atoms with Crippen LogP contribution in [0.2, 0.25) is 5.02 Å². The number of benzene rings is 1. The van der Waals surface area contributed by atoms with Crippen molar-refractivity contribution < 1.29 is 14.4 Å². The number of amides is 3. The van der Waals surface area contributed by atoms with E-state index in [-0.39, 0.29) is 23.8 Å². The second-order valence-corrected chi connectivity index (χ2v) is 9.46. The molecule has 1 atom stereocenters. The van der Waals surface area contributed by atoms with Gasteiger partial charge in [-0.3, -0.25) is 19.7 Å². The molecule has 34 heavy (non-hydrogen) atoms. The smallest absolute Gasteiger partial charge is 0.268 e. The minimum Gasteiger partial charge on any atom is -0.340 e. The minimum atomic E-state index is -0.359. The van der Waals surface area contributed by atoms with E-state index < -0.39 is 0 Å². The molecule has 3 amide bonds. The molecule has 0 unspecified atom stereocenters. The molecule has 1 aromatic carbocycles. The summed E-state index contributed by atoms with van der Waals surface area (Å²) in [5, 5.41) is 7.75. The number of thiophene rings is 1. The first-order valence-electron chi connectivity index (χ1n) is 10.7. The van der Waals surface area contributed by atoms with Crippen molar-refractivity contribution >= 4 is 63.3 Å². The van der Waals surface area contributed by atoms with Gasteiger partial charge in [0, 0.05) is 38.5 Å². The van der Waals surface area contributed by atoms with Gasteiger partial charge in [0.2, 0.25) is 17.8 Å². The molecule has 0 bridgehead atoms. The van der Waals surface area contributed by atoms with Crippen molar-refractivity contribution in [1.82, 2.24) is 19.4 Å². The van der Waals surface area contributed by atoms with Gasteiger partial charge in [0.1, 0.15) is 0 Å². The standard InChI is InChI=1S/C23H25ClN6O3S/c1-4-20(32)25-15-10-19(34-13-15)22(33)27-23-26-18-7-5-6-17(24)21(18)30(23)16-11-28(3)8-9-29(12-16)14(2)31/h4-7,10,13,16H,1,8-9,11-12H2,2-3H3,(H,25,32)(H,26,27,33)/t16-/m1/s1. The van der Waals surface area contributed by atoms with Crippen LogP contribution >= 0.6 is 22.9 Å². The number of para-hydroxylation sites is 1. The molecule has 178 valence electrons. The number of anilines is 2. The summed E-state index contributed by atoms with van der Waals surface area (Å²) in [6.07, 6.45) is 1.16. The van der Waals surface area contributed by atoms with Crippen molar-refractivity contribution in [2.75, 3.05) is 43.9 Å². The summed E-state index contributed by atoms with van der Waals surface area (Å²) in [4.78, 5) is 45.9. The average Bonchev–Trinajstić information content (AvgIpc) is 3.35. The van der Waals surface area contributed by atoms with E-state index in [1.165, 1.54) is 11.3 Å². The van der Waals surface area contributed by atoms with E-state index in [0.717, 1.165) is 12.6 Å². The van der Waals surface area contributed by atoms with Crippen LogP contribution in [-0.4, -0.2) is 70.3 Å². The van der Waals surface area contributed by atoms with Crippen LogP contribution in [0.15, 0.2) is 42.3 Å². The second-order valence-electron chi connectivity index (χ2n) is 8.14. The SMILES string of the molecule is C=CC(=O)Nc1csc(C(=O)Nc2nc3cccc(Cl)c3n2[C@@H]2CN(C)CCN(C(C)=O)C2)c1. The number of carbonyl (C=O) groups excluding carboxylic acids is 3. The van der Waals surface area contributed by atoms with Crippen LogP contribution in [0, 0.1) is 0 Å². The molecule has 0 radical (unpaired) electrons. The van der Waals surface area contributed by atoms with Crippen molar-refractivity contribution in [2.24, 2.45) is 0 Å². The highest BCUT2D eigenvalue weighted by Gasteiger charge is 2.29. The van der Waals surface area contributed by atoms with Gasteiger partial charge in [-0.25, -0.2) is 4.98 Å². The molecule has 4 rings (SSSR count). The molecule has 1 aliphatic heterocycles. The summed E-state index contributed by atoms with van der Waals surface area (Å²) < 4.78 is 1.92. The van der Waals surface area contributed by atoms with Crippen molar-refractivity contribution in [1.29, 1.82) is 0 Å². The van der Waals surface area contributed by atoms with Crippen LogP contribution in [0.25, 0.3) is 11.0 Å². The molecule has 9 nitrogen and oxygen atoms in total. The fourth-order valence-electron chi connectivity index (χ4n) is 4.02. The summed E-state index contributed by atoms with van der Waals surface area (Å²) in [6, 6.07) is 6.85. The second kappa shape index (κ2) is 9.96. The number of carbonyl (C=O) groups is 3. The summed E-state index contributed by atoms with van der Waals surface area (Å²) in [5.74, 6) is -0.369. The lowest BCUT2D eigenvalue weighted by molar-refractivity contribution is -0.129. The Morgan fingerprint density at radius 2 is 2.03 bits per heavy atom. The van der Waals surface area contributed by atoms with Crippen molar-refractivity contribution in [3.8, 4) is 0 Å². The van der Waals surface area contributed by atoms with E-state index >= 15 is 0 Å². The first-order chi connectivity index (χ1) is 16.3. The van der Waals surface area contributed by atoms with E-state index in [4.69, 9.17) is 11.6 Å². The van der Waals surface area contributed by atoms with Crippen molar-refractivity contribution in [3.63, 3.8) is 0 Å². The normalized spacial score (nSPS) is 16.8. The Morgan fingerprint density at radius 3 is 2.76 bits per heavy atom. The van der Waals surface area contributed by atoms with E-state index in [0.29, 0.717) is 52.2 Å². The van der Waals surface area contributed by atoms with E-state index in [1.807, 2.05) is 23.7 Å². The van der Waals surface area contributed by atoms with Gasteiger partial charge in [-0.05, 0) is 31.3 Å². The first-order valence-corrected chi connectivity index (χ1v) is 12.0. The largest absolute Gasteiger partial charge is 0.340 e. The van der Waals surface area contributed by atoms with Crippen molar-refractivity contribution in [3.05, 3.63) is 52.2 Å². The molecule has 1 fully saturated rings. The Labute approximate surface area is 206 Å². The van der Waals surface area contributed by atoms with Crippen molar-refractivity contribution in [2.45, 2.75) is 13.0 Å². The maximum atomic E-state index is 13.1. The molecule has 11 heteroatoms. The highest BCUT2D eigenvalue weighted by molar-refractivity contribution is 7.12. The quantitative estimate of drug-likeness (QED) is 0.523. The molecular weight excluding hydrogens is 476 g/mol. The summed E-state index contributed by atoms with van der Waals surface area (Å²) in [5.41, 5.74) is 1.86. The highest BCUT2D eigenvalue weighted by atomic mass is 35.5. The first kappa shape index (κ1) is 23.9. The Balaban J connectivity index is 1.71. The number of imidazole rings is 1. The summed E-state index contributed by atoms with van der Waals surface area (Å²) in [7, 11) is 2.00. The zero-order valence-electron chi connectivity index (χ0n) is 18.9. The zero-order valence-corrected chi connectivity index (χ0v) is 20.4. The molecule has 0 saturated carbocycles. The van der Waals surface area contributed by atoms with E-state index in [2.05, 4.69) is 27.1 Å². The Kier molecular flexibility index (Phi) is 7.01. The maximum Gasteiger partial charge on any atom is 0.268 e. The number of hydrogen-bond acceptors (Lipinski definition) is 6. The average molecular weight is 501 g/mol. The molecule has 1 aliphatic rings. The van der Waals surface area contributed by atoms with E-state index in [1.54, 1.807) is 29.3 Å². The molecule has 2 aromatic heterocycles. The van der Waals surface area contributed by atoms with Gasteiger partial charge in [0.25, 0.3) is 5.91 Å². The lowest BCUT2D eigenvalue weighted by atomic mass is 10.2. The summed E-state index contributed by atoms with van der Waals surface area (Å²) in [6.45, 7) is 7.47. The van der Waals surface area contributed by atoms with Gasteiger partial charge in [-0.1, -0.05) is 24.2 Å². The zero-order chi connectivity index (χ0) is 24.4. The fraction of sp³-hybridized carbons (Fsp3) is 0.304. The molecule has 0 aliphatic carbocycles. The minimum absolute atomic E-state index is 0.00547. The predicted octanol–water partition coefficient (Wildman–Crippen LogP) is 3.46. The van der Waals surface area contributed by atoms with E-state index in [9.17, 15) is 14.4 Å². The van der Waals surface area contributed by atoms with Gasteiger partial charge >= 0.3 is 0 Å². The third kappa shape index (κ3) is 4.98. The van der Waals surface area contributed by atoms with Crippen LogP contribution in [0.3, 0.4) is 0 Å². The van der Waals surface area contributed by atoms with Crippen LogP contribution < -0.4 is 10.6 Å². The van der Waals surface area contributed by atoms with Gasteiger partial charge in [-0.2, -0.15) is 0 Å². The lowest BCUT2D eigenvalue weighted by Crippen LogP contribution is -2.35. The Morgan fingerprint density at radius 1 is 1.24 bits per heavy atom. The van der Waals surface area contributed by atoms with Gasteiger partial charge in [-0.15, -0.1) is 11.3 Å². The number of nitrogens with zero attached hydrogens (tertiary/aromatic N) is 4. The number of fused-ring (bicyclic) bond motifs is 1. The molecule has 1 saturated heterocycles. The monoisotopic (exact) mass is 500 g/mol. The third-order valence-corrected chi connectivity index (χ3v) is 6.91. The topological polar surface area (TPSA) is 99.6 Å². The van der Waals surface area contributed by atoms with Crippen LogP contribution in [0.1, 0.15) is 22.6 Å². The highest BCUT2D eigenvalue weighted by Crippen LogP contribution is 2.32. The van der Waals surface area contributed by atoms with Gasteiger partial charge in [0.05, 0.1) is 32.7 Å². The van der Waals surface area contributed by atoms with Gasteiger partial charge < -0.3 is 19.7 Å². The molecule has 0 spiro atoms. The predicted molar refractivity (Wildman–Crippen MR) is 135 cm³/mol. The number of halogens is 1. The lowest BCUT2D eigenvalue weighted by Gasteiger charge is -2.26.